The Kier molecular flexibility index (Phi) is 4.62. The molecule has 1 fully saturated rings. The van der Waals surface area contributed by atoms with E-state index in [1.807, 2.05) is 11.4 Å². The monoisotopic (exact) mass is 305 g/mol. The molecule has 2 atom stereocenters. The maximum Gasteiger partial charge on any atom is 0.225 e. The lowest BCUT2D eigenvalue weighted by atomic mass is 10.1. The lowest BCUT2D eigenvalue weighted by Gasteiger charge is -2.23. The maximum atomic E-state index is 5.47. The van der Waals surface area contributed by atoms with E-state index in [1.165, 1.54) is 0 Å². The molecule has 21 heavy (non-hydrogen) atoms. The minimum atomic E-state index is 0.0956. The molecule has 2 aromatic heterocycles. The molecule has 112 valence electrons. The van der Waals surface area contributed by atoms with Crippen molar-refractivity contribution in [2.75, 3.05) is 23.8 Å². The van der Waals surface area contributed by atoms with Crippen LogP contribution in [0.4, 0.5) is 11.8 Å². The van der Waals surface area contributed by atoms with Crippen LogP contribution in [0.3, 0.4) is 0 Å². The average molecular weight is 305 g/mol. The van der Waals surface area contributed by atoms with Gasteiger partial charge >= 0.3 is 0 Å². The number of rotatable bonds is 5. The number of thiazole rings is 1. The Labute approximate surface area is 128 Å². The third kappa shape index (κ3) is 3.89. The number of nitrogens with one attached hydrogen (secondary N) is 2. The quantitative estimate of drug-likeness (QED) is 0.885. The molecule has 0 spiro atoms. The van der Waals surface area contributed by atoms with Gasteiger partial charge in [-0.05, 0) is 25.8 Å². The van der Waals surface area contributed by atoms with Gasteiger partial charge in [-0.1, -0.05) is 0 Å². The Balaban J connectivity index is 1.62. The highest BCUT2D eigenvalue weighted by Gasteiger charge is 2.15. The molecule has 1 aliphatic heterocycles. The normalized spacial score (nSPS) is 20.0. The van der Waals surface area contributed by atoms with Crippen molar-refractivity contribution >= 4 is 23.1 Å². The third-order valence-electron chi connectivity index (χ3n) is 3.34. The van der Waals surface area contributed by atoms with E-state index in [0.717, 1.165) is 36.9 Å². The molecule has 2 N–H and O–H groups in total. The molecular formula is C14H19N5OS. The molecule has 6 nitrogen and oxygen atoms in total. The fourth-order valence-corrected chi connectivity index (χ4v) is 2.92. The van der Waals surface area contributed by atoms with Gasteiger partial charge in [0.2, 0.25) is 5.95 Å². The number of nitrogens with zero attached hydrogens (tertiary/aromatic N) is 3. The first-order valence-electron chi connectivity index (χ1n) is 7.14. The highest BCUT2D eigenvalue weighted by Crippen LogP contribution is 2.19. The van der Waals surface area contributed by atoms with Gasteiger partial charge in [-0.15, -0.1) is 11.3 Å². The van der Waals surface area contributed by atoms with Gasteiger partial charge in [-0.2, -0.15) is 4.98 Å². The van der Waals surface area contributed by atoms with Crippen LogP contribution >= 0.6 is 11.3 Å². The van der Waals surface area contributed by atoms with Gasteiger partial charge in [0.25, 0.3) is 0 Å². The van der Waals surface area contributed by atoms with Crippen molar-refractivity contribution in [1.29, 1.82) is 0 Å². The second kappa shape index (κ2) is 6.82. The van der Waals surface area contributed by atoms with Crippen molar-refractivity contribution in [3.8, 4) is 0 Å². The predicted octanol–water partition coefficient (Wildman–Crippen LogP) is 2.70. The minimum Gasteiger partial charge on any atom is -0.379 e. The zero-order valence-electron chi connectivity index (χ0n) is 12.0. The first kappa shape index (κ1) is 14.2. The molecule has 0 aliphatic carbocycles. The lowest BCUT2D eigenvalue weighted by molar-refractivity contribution is 0.0875. The smallest absolute Gasteiger partial charge is 0.225 e. The van der Waals surface area contributed by atoms with Crippen molar-refractivity contribution in [3.63, 3.8) is 0 Å². The number of aromatic nitrogens is 3. The fraction of sp³-hybridized carbons (Fsp3) is 0.500. The fourth-order valence-electron chi connectivity index (χ4n) is 2.28. The van der Waals surface area contributed by atoms with Crippen LogP contribution in [0.2, 0.25) is 0 Å². The largest absolute Gasteiger partial charge is 0.379 e. The van der Waals surface area contributed by atoms with Crippen LogP contribution in [0.25, 0.3) is 0 Å². The molecule has 1 saturated heterocycles. The lowest BCUT2D eigenvalue weighted by Crippen LogP contribution is -2.30. The molecule has 3 heterocycles. The van der Waals surface area contributed by atoms with Crippen LogP contribution in [0.15, 0.2) is 23.8 Å². The topological polar surface area (TPSA) is 72.0 Å². The van der Waals surface area contributed by atoms with Crippen molar-refractivity contribution < 1.29 is 4.74 Å². The zero-order valence-corrected chi connectivity index (χ0v) is 12.8. The van der Waals surface area contributed by atoms with Crippen molar-refractivity contribution in [2.24, 2.45) is 0 Å². The molecular weight excluding hydrogens is 286 g/mol. The Morgan fingerprint density at radius 2 is 2.33 bits per heavy atom. The van der Waals surface area contributed by atoms with E-state index in [9.17, 15) is 0 Å². The SMILES string of the molecule is C[C@@H](Nc1nccc(N[C@@H]2CCCOC2)n1)c1nccs1. The number of anilines is 2. The van der Waals surface area contributed by atoms with E-state index in [1.54, 1.807) is 23.7 Å². The summed E-state index contributed by atoms with van der Waals surface area (Å²) in [5.41, 5.74) is 0. The van der Waals surface area contributed by atoms with E-state index < -0.39 is 0 Å². The van der Waals surface area contributed by atoms with Crippen LogP contribution in [0.5, 0.6) is 0 Å². The maximum absolute atomic E-state index is 5.47. The summed E-state index contributed by atoms with van der Waals surface area (Å²) in [4.78, 5) is 13.1. The van der Waals surface area contributed by atoms with Crippen LogP contribution < -0.4 is 10.6 Å². The van der Waals surface area contributed by atoms with Crippen LogP contribution in [-0.4, -0.2) is 34.2 Å². The van der Waals surface area contributed by atoms with Crippen LogP contribution in [-0.2, 0) is 4.74 Å². The molecule has 2 aromatic rings. The van der Waals surface area contributed by atoms with Crippen LogP contribution in [0, 0.1) is 0 Å². The zero-order chi connectivity index (χ0) is 14.5. The summed E-state index contributed by atoms with van der Waals surface area (Å²) in [6, 6.07) is 2.31. The summed E-state index contributed by atoms with van der Waals surface area (Å²) < 4.78 is 5.47. The summed E-state index contributed by atoms with van der Waals surface area (Å²) in [5, 5.41) is 9.67. The molecule has 0 aromatic carbocycles. The van der Waals surface area contributed by atoms with Crippen molar-refractivity contribution in [1.82, 2.24) is 15.0 Å². The average Bonchev–Trinajstić information content (AvgIpc) is 3.03. The van der Waals surface area contributed by atoms with Crippen molar-refractivity contribution in [2.45, 2.75) is 31.8 Å². The Hall–Kier alpha value is -1.73. The third-order valence-corrected chi connectivity index (χ3v) is 4.29. The first-order chi connectivity index (χ1) is 10.3. The van der Waals surface area contributed by atoms with Gasteiger partial charge < -0.3 is 15.4 Å². The van der Waals surface area contributed by atoms with Crippen molar-refractivity contribution in [3.05, 3.63) is 28.8 Å². The summed E-state index contributed by atoms with van der Waals surface area (Å²) in [7, 11) is 0. The van der Waals surface area contributed by atoms with Gasteiger partial charge in [0.1, 0.15) is 10.8 Å². The Bertz CT molecular complexity index is 556. The number of ether oxygens (including phenoxy) is 1. The van der Waals surface area contributed by atoms with E-state index in [-0.39, 0.29) is 6.04 Å². The Morgan fingerprint density at radius 1 is 1.38 bits per heavy atom. The molecule has 1 aliphatic rings. The Morgan fingerprint density at radius 3 is 3.10 bits per heavy atom. The highest BCUT2D eigenvalue weighted by molar-refractivity contribution is 7.09. The predicted molar refractivity (Wildman–Crippen MR) is 83.6 cm³/mol. The molecule has 0 unspecified atom stereocenters. The van der Waals surface area contributed by atoms with E-state index in [4.69, 9.17) is 4.74 Å². The summed E-state index contributed by atoms with van der Waals surface area (Å²) in [6.07, 6.45) is 5.77. The molecule has 3 rings (SSSR count). The molecule has 7 heteroatoms. The summed E-state index contributed by atoms with van der Waals surface area (Å²) >= 11 is 1.62. The molecule has 0 bridgehead atoms. The second-order valence-corrected chi connectivity index (χ2v) is 5.99. The van der Waals surface area contributed by atoms with E-state index >= 15 is 0 Å². The van der Waals surface area contributed by atoms with Gasteiger partial charge in [-0.25, -0.2) is 9.97 Å². The highest BCUT2D eigenvalue weighted by atomic mass is 32.1. The minimum absolute atomic E-state index is 0.0956. The summed E-state index contributed by atoms with van der Waals surface area (Å²) in [5.74, 6) is 1.44. The molecule has 0 amide bonds. The first-order valence-corrected chi connectivity index (χ1v) is 8.02. The number of hydrogen-bond acceptors (Lipinski definition) is 7. The second-order valence-electron chi connectivity index (χ2n) is 5.06. The van der Waals surface area contributed by atoms with E-state index in [0.29, 0.717) is 12.0 Å². The molecule has 0 saturated carbocycles. The van der Waals surface area contributed by atoms with Crippen LogP contribution in [0.1, 0.15) is 30.8 Å². The summed E-state index contributed by atoms with van der Waals surface area (Å²) in [6.45, 7) is 3.65. The number of hydrogen-bond donors (Lipinski definition) is 2. The van der Waals surface area contributed by atoms with E-state index in [2.05, 4.69) is 32.5 Å². The molecule has 0 radical (unpaired) electrons. The standard InChI is InChI=1S/C14H19N5OS/c1-10(13-15-6-8-21-13)17-14-16-5-4-12(19-14)18-11-3-2-7-20-9-11/h4-6,8,10-11H,2-3,7,9H2,1H3,(H2,16,17,18,19)/t10-,11-/m1/s1. The van der Waals surface area contributed by atoms with Gasteiger partial charge in [-0.3, -0.25) is 0 Å². The van der Waals surface area contributed by atoms with Gasteiger partial charge in [0.05, 0.1) is 18.7 Å². The van der Waals surface area contributed by atoms with Gasteiger partial charge in [0, 0.05) is 24.4 Å². The van der Waals surface area contributed by atoms with Gasteiger partial charge in [0.15, 0.2) is 0 Å².